The summed E-state index contributed by atoms with van der Waals surface area (Å²) in [6, 6.07) is 0. The van der Waals surface area contributed by atoms with E-state index in [1.165, 1.54) is 16.8 Å². The standard InChI is InChI=1S/C12H13NO.C2H6/c14-11-8-10-5-2-1-4-9-6-3-7-13(11)12(9)10;1-2/h2,4-5H,1,3,6-8H2;1-2H3. The molecular weight excluding hydrogens is 198 g/mol. The van der Waals surface area contributed by atoms with Crippen molar-refractivity contribution in [2.75, 3.05) is 6.54 Å². The second-order valence-corrected chi connectivity index (χ2v) is 4.07. The third-order valence-electron chi connectivity index (χ3n) is 3.17. The molecule has 2 aliphatic heterocycles. The summed E-state index contributed by atoms with van der Waals surface area (Å²) in [6.07, 6.45) is 10.4. The molecule has 0 saturated carbocycles. The van der Waals surface area contributed by atoms with Gasteiger partial charge in [-0.05, 0) is 30.4 Å². The molecule has 0 bridgehead atoms. The molecule has 1 amide bonds. The minimum absolute atomic E-state index is 0.284. The molecule has 2 heteroatoms. The number of carbonyl (C=O) groups excluding carboxylic acids is 1. The van der Waals surface area contributed by atoms with Crippen molar-refractivity contribution in [2.24, 2.45) is 0 Å². The van der Waals surface area contributed by atoms with Gasteiger partial charge in [0.2, 0.25) is 5.91 Å². The fourth-order valence-corrected chi connectivity index (χ4v) is 2.56. The lowest BCUT2D eigenvalue weighted by atomic mass is 9.99. The Morgan fingerprint density at radius 3 is 2.94 bits per heavy atom. The quantitative estimate of drug-likeness (QED) is 0.610. The van der Waals surface area contributed by atoms with Crippen molar-refractivity contribution in [1.29, 1.82) is 0 Å². The van der Waals surface area contributed by atoms with E-state index in [2.05, 4.69) is 18.2 Å². The zero-order valence-electron chi connectivity index (χ0n) is 10.1. The molecule has 86 valence electrons. The molecule has 1 aliphatic carbocycles. The molecule has 2 heterocycles. The number of nitrogens with zero attached hydrogens (tertiary/aromatic N) is 1. The van der Waals surface area contributed by atoms with Crippen molar-refractivity contribution in [3.8, 4) is 0 Å². The SMILES string of the molecule is CC.O=C1CC2=C3C(=CCC=C2)CCCN13. The van der Waals surface area contributed by atoms with Gasteiger partial charge in [-0.3, -0.25) is 4.79 Å². The number of carbonyl (C=O) groups is 1. The minimum Gasteiger partial charge on any atom is -0.312 e. The van der Waals surface area contributed by atoms with Crippen LogP contribution in [0.3, 0.4) is 0 Å². The lowest BCUT2D eigenvalue weighted by molar-refractivity contribution is -0.127. The van der Waals surface area contributed by atoms with Crippen LogP contribution in [0.25, 0.3) is 0 Å². The topological polar surface area (TPSA) is 20.3 Å². The van der Waals surface area contributed by atoms with Crippen LogP contribution in [0.15, 0.2) is 35.1 Å². The normalized spacial score (nSPS) is 22.2. The Morgan fingerprint density at radius 1 is 1.31 bits per heavy atom. The van der Waals surface area contributed by atoms with Crippen LogP contribution in [0, 0.1) is 0 Å². The molecule has 2 nitrogen and oxygen atoms in total. The smallest absolute Gasteiger partial charge is 0.231 e. The first kappa shape index (κ1) is 11.2. The molecule has 0 aromatic rings. The molecule has 0 aromatic heterocycles. The summed E-state index contributed by atoms with van der Waals surface area (Å²) in [5.41, 5.74) is 3.86. The highest BCUT2D eigenvalue weighted by Crippen LogP contribution is 2.37. The van der Waals surface area contributed by atoms with Gasteiger partial charge in [-0.15, -0.1) is 0 Å². The Morgan fingerprint density at radius 2 is 2.12 bits per heavy atom. The highest BCUT2D eigenvalue weighted by atomic mass is 16.2. The fourth-order valence-electron chi connectivity index (χ4n) is 2.56. The Balaban J connectivity index is 0.000000457. The van der Waals surface area contributed by atoms with Gasteiger partial charge in [-0.2, -0.15) is 0 Å². The summed E-state index contributed by atoms with van der Waals surface area (Å²) in [5.74, 6) is 0.284. The molecule has 3 aliphatic rings. The monoisotopic (exact) mass is 217 g/mol. The predicted octanol–water partition coefficient (Wildman–Crippen LogP) is 3.18. The predicted molar refractivity (Wildman–Crippen MR) is 65.8 cm³/mol. The number of amides is 1. The Bertz CT molecular complexity index is 388. The minimum atomic E-state index is 0.284. The van der Waals surface area contributed by atoms with Crippen molar-refractivity contribution in [2.45, 2.75) is 39.5 Å². The molecule has 0 spiro atoms. The zero-order chi connectivity index (χ0) is 11.5. The van der Waals surface area contributed by atoms with Gasteiger partial charge in [0.1, 0.15) is 0 Å². The van der Waals surface area contributed by atoms with Gasteiger partial charge in [-0.25, -0.2) is 0 Å². The number of piperidine rings is 1. The molecule has 1 saturated heterocycles. The van der Waals surface area contributed by atoms with Gasteiger partial charge in [-0.1, -0.05) is 32.1 Å². The van der Waals surface area contributed by atoms with Crippen LogP contribution in [-0.4, -0.2) is 17.4 Å². The summed E-state index contributed by atoms with van der Waals surface area (Å²) in [7, 11) is 0. The molecule has 1 fully saturated rings. The average molecular weight is 217 g/mol. The number of rotatable bonds is 0. The van der Waals surface area contributed by atoms with E-state index in [9.17, 15) is 4.79 Å². The summed E-state index contributed by atoms with van der Waals surface area (Å²) in [6.45, 7) is 4.92. The van der Waals surface area contributed by atoms with E-state index in [0.717, 1.165) is 25.8 Å². The number of hydrogen-bond donors (Lipinski definition) is 0. The number of allylic oxidation sites excluding steroid dienone is 4. The third kappa shape index (κ3) is 1.73. The summed E-state index contributed by atoms with van der Waals surface area (Å²) in [5, 5.41) is 0. The Hall–Kier alpha value is -1.31. The van der Waals surface area contributed by atoms with E-state index < -0.39 is 0 Å². The van der Waals surface area contributed by atoms with E-state index in [4.69, 9.17) is 0 Å². The van der Waals surface area contributed by atoms with E-state index in [1.54, 1.807) is 0 Å². The van der Waals surface area contributed by atoms with E-state index in [-0.39, 0.29) is 5.91 Å². The van der Waals surface area contributed by atoms with E-state index in [1.807, 2.05) is 18.7 Å². The van der Waals surface area contributed by atoms with Gasteiger partial charge < -0.3 is 4.90 Å². The van der Waals surface area contributed by atoms with Crippen LogP contribution in [0.4, 0.5) is 0 Å². The Kier molecular flexibility index (Phi) is 3.28. The second kappa shape index (κ2) is 4.69. The van der Waals surface area contributed by atoms with Gasteiger partial charge in [0.15, 0.2) is 0 Å². The van der Waals surface area contributed by atoms with Crippen molar-refractivity contribution in [3.05, 3.63) is 35.1 Å². The van der Waals surface area contributed by atoms with Crippen molar-refractivity contribution >= 4 is 5.91 Å². The summed E-state index contributed by atoms with van der Waals surface area (Å²) < 4.78 is 0. The average Bonchev–Trinajstić information content (AvgIpc) is 2.53. The summed E-state index contributed by atoms with van der Waals surface area (Å²) in [4.78, 5) is 13.7. The van der Waals surface area contributed by atoms with E-state index >= 15 is 0 Å². The molecule has 0 N–H and O–H groups in total. The molecule has 0 atom stereocenters. The van der Waals surface area contributed by atoms with Crippen LogP contribution in [0.1, 0.15) is 39.5 Å². The highest BCUT2D eigenvalue weighted by Gasteiger charge is 2.33. The largest absolute Gasteiger partial charge is 0.312 e. The first-order valence-electron chi connectivity index (χ1n) is 6.26. The van der Waals surface area contributed by atoms with Crippen LogP contribution in [0.5, 0.6) is 0 Å². The van der Waals surface area contributed by atoms with Crippen LogP contribution in [-0.2, 0) is 4.79 Å². The van der Waals surface area contributed by atoms with Gasteiger partial charge >= 0.3 is 0 Å². The fraction of sp³-hybridized carbons (Fsp3) is 0.500. The van der Waals surface area contributed by atoms with Crippen LogP contribution < -0.4 is 0 Å². The van der Waals surface area contributed by atoms with Crippen molar-refractivity contribution in [3.63, 3.8) is 0 Å². The zero-order valence-corrected chi connectivity index (χ0v) is 10.1. The van der Waals surface area contributed by atoms with Crippen molar-refractivity contribution < 1.29 is 4.79 Å². The van der Waals surface area contributed by atoms with Gasteiger partial charge in [0.05, 0.1) is 12.1 Å². The van der Waals surface area contributed by atoms with Crippen LogP contribution in [0.2, 0.25) is 0 Å². The molecule has 16 heavy (non-hydrogen) atoms. The molecule has 3 rings (SSSR count). The van der Waals surface area contributed by atoms with Gasteiger partial charge in [0.25, 0.3) is 0 Å². The maximum Gasteiger partial charge on any atom is 0.231 e. The lowest BCUT2D eigenvalue weighted by Crippen LogP contribution is -2.30. The van der Waals surface area contributed by atoms with Crippen LogP contribution >= 0.6 is 0 Å². The lowest BCUT2D eigenvalue weighted by Gasteiger charge is -2.27. The Labute approximate surface area is 97.3 Å². The molecular formula is C14H19NO. The molecule has 0 aromatic carbocycles. The third-order valence-corrected chi connectivity index (χ3v) is 3.17. The first-order chi connectivity index (χ1) is 7.86. The highest BCUT2D eigenvalue weighted by molar-refractivity contribution is 5.87. The molecule has 0 radical (unpaired) electrons. The van der Waals surface area contributed by atoms with E-state index in [0.29, 0.717) is 6.42 Å². The van der Waals surface area contributed by atoms with Crippen molar-refractivity contribution in [1.82, 2.24) is 4.90 Å². The maximum atomic E-state index is 11.7. The number of hydrogen-bond acceptors (Lipinski definition) is 1. The summed E-state index contributed by atoms with van der Waals surface area (Å²) >= 11 is 0. The first-order valence-corrected chi connectivity index (χ1v) is 6.26. The van der Waals surface area contributed by atoms with Gasteiger partial charge in [0, 0.05) is 6.54 Å². The second-order valence-electron chi connectivity index (χ2n) is 4.07. The molecule has 0 unspecified atom stereocenters. The maximum absolute atomic E-state index is 11.7.